The molecule has 0 aromatic heterocycles. The topological polar surface area (TPSA) is 64.3 Å². The second-order valence-corrected chi connectivity index (χ2v) is 4.66. The van der Waals surface area contributed by atoms with E-state index in [1.54, 1.807) is 19.2 Å². The molecular formula is C14H22N2O2. The van der Waals surface area contributed by atoms with Crippen LogP contribution in [0.1, 0.15) is 29.8 Å². The second-order valence-electron chi connectivity index (χ2n) is 4.66. The fraction of sp³-hybridized carbons (Fsp3) is 0.500. The third-order valence-corrected chi connectivity index (χ3v) is 3.25. The van der Waals surface area contributed by atoms with Crippen LogP contribution in [0.15, 0.2) is 18.2 Å². The van der Waals surface area contributed by atoms with Crippen molar-refractivity contribution in [3.05, 3.63) is 29.3 Å². The van der Waals surface area contributed by atoms with Crippen molar-refractivity contribution in [3.8, 4) is 5.75 Å². The Bertz CT molecular complexity index is 418. The summed E-state index contributed by atoms with van der Waals surface area (Å²) in [5.41, 5.74) is 7.20. The minimum Gasteiger partial charge on any atom is -0.496 e. The zero-order valence-electron chi connectivity index (χ0n) is 11.5. The monoisotopic (exact) mass is 250 g/mol. The standard InChI is InChI=1S/C14H22N2O2/c1-9-5-6-12(7-13(9)18-4)14(17)16-11(3)10(2)8-15/h5-7,10-11H,8,15H2,1-4H3,(H,16,17). The van der Waals surface area contributed by atoms with E-state index in [0.717, 1.165) is 11.3 Å². The van der Waals surface area contributed by atoms with Gasteiger partial charge in [0.05, 0.1) is 7.11 Å². The van der Waals surface area contributed by atoms with Gasteiger partial charge in [0.15, 0.2) is 0 Å². The number of ether oxygens (including phenoxy) is 1. The molecule has 0 bridgehead atoms. The number of methoxy groups -OCH3 is 1. The van der Waals surface area contributed by atoms with Crippen molar-refractivity contribution < 1.29 is 9.53 Å². The number of hydrogen-bond acceptors (Lipinski definition) is 3. The molecule has 1 amide bonds. The lowest BCUT2D eigenvalue weighted by molar-refractivity contribution is 0.0929. The van der Waals surface area contributed by atoms with E-state index in [1.807, 2.05) is 26.8 Å². The molecule has 4 heteroatoms. The summed E-state index contributed by atoms with van der Waals surface area (Å²) in [6.45, 7) is 6.47. The Morgan fingerprint density at radius 3 is 2.67 bits per heavy atom. The number of hydrogen-bond donors (Lipinski definition) is 2. The van der Waals surface area contributed by atoms with Gasteiger partial charge in [-0.1, -0.05) is 13.0 Å². The molecule has 0 aliphatic carbocycles. The molecule has 3 N–H and O–H groups in total. The number of rotatable bonds is 5. The van der Waals surface area contributed by atoms with Crippen molar-refractivity contribution in [3.63, 3.8) is 0 Å². The van der Waals surface area contributed by atoms with Gasteiger partial charge in [-0.2, -0.15) is 0 Å². The lowest BCUT2D eigenvalue weighted by Crippen LogP contribution is -2.39. The first-order chi connectivity index (χ1) is 8.49. The largest absolute Gasteiger partial charge is 0.496 e. The zero-order chi connectivity index (χ0) is 13.7. The Hall–Kier alpha value is -1.55. The van der Waals surface area contributed by atoms with E-state index in [9.17, 15) is 4.79 Å². The van der Waals surface area contributed by atoms with Gasteiger partial charge in [-0.05, 0) is 44.0 Å². The smallest absolute Gasteiger partial charge is 0.251 e. The summed E-state index contributed by atoms with van der Waals surface area (Å²) in [5.74, 6) is 0.879. The van der Waals surface area contributed by atoms with Crippen molar-refractivity contribution in [2.75, 3.05) is 13.7 Å². The Morgan fingerprint density at radius 2 is 2.11 bits per heavy atom. The van der Waals surface area contributed by atoms with Crippen LogP contribution in [0.3, 0.4) is 0 Å². The van der Waals surface area contributed by atoms with Crippen LogP contribution in [-0.2, 0) is 0 Å². The molecule has 1 aromatic carbocycles. The average molecular weight is 250 g/mol. The molecule has 0 aliphatic heterocycles. The summed E-state index contributed by atoms with van der Waals surface area (Å²) in [6.07, 6.45) is 0. The van der Waals surface area contributed by atoms with Crippen LogP contribution in [0.25, 0.3) is 0 Å². The van der Waals surface area contributed by atoms with E-state index in [1.165, 1.54) is 0 Å². The number of aryl methyl sites for hydroxylation is 1. The molecule has 2 unspecified atom stereocenters. The van der Waals surface area contributed by atoms with Crippen LogP contribution >= 0.6 is 0 Å². The highest BCUT2D eigenvalue weighted by Gasteiger charge is 2.15. The third-order valence-electron chi connectivity index (χ3n) is 3.25. The predicted molar refractivity (Wildman–Crippen MR) is 72.9 cm³/mol. The molecule has 0 heterocycles. The maximum Gasteiger partial charge on any atom is 0.251 e. The summed E-state index contributed by atoms with van der Waals surface area (Å²) < 4.78 is 5.21. The van der Waals surface area contributed by atoms with E-state index in [2.05, 4.69) is 5.32 Å². The molecule has 0 spiro atoms. The van der Waals surface area contributed by atoms with Gasteiger partial charge >= 0.3 is 0 Å². The molecular weight excluding hydrogens is 228 g/mol. The van der Waals surface area contributed by atoms with Crippen molar-refractivity contribution in [1.82, 2.24) is 5.32 Å². The number of benzene rings is 1. The Labute approximate surface area is 109 Å². The molecule has 0 radical (unpaired) electrons. The highest BCUT2D eigenvalue weighted by molar-refractivity contribution is 5.94. The van der Waals surface area contributed by atoms with Crippen LogP contribution in [-0.4, -0.2) is 25.6 Å². The lowest BCUT2D eigenvalue weighted by atomic mass is 10.0. The third kappa shape index (κ3) is 3.47. The summed E-state index contributed by atoms with van der Waals surface area (Å²) in [5, 5.41) is 2.94. The fourth-order valence-corrected chi connectivity index (χ4v) is 1.60. The Morgan fingerprint density at radius 1 is 1.44 bits per heavy atom. The van der Waals surface area contributed by atoms with Crippen LogP contribution in [0.2, 0.25) is 0 Å². The maximum absolute atomic E-state index is 12.0. The first-order valence-corrected chi connectivity index (χ1v) is 6.15. The fourth-order valence-electron chi connectivity index (χ4n) is 1.60. The maximum atomic E-state index is 12.0. The normalized spacial score (nSPS) is 13.8. The highest BCUT2D eigenvalue weighted by Crippen LogP contribution is 2.19. The molecule has 18 heavy (non-hydrogen) atoms. The summed E-state index contributed by atoms with van der Waals surface area (Å²) in [7, 11) is 1.60. The van der Waals surface area contributed by atoms with E-state index < -0.39 is 0 Å². The second kappa shape index (κ2) is 6.40. The first-order valence-electron chi connectivity index (χ1n) is 6.15. The van der Waals surface area contributed by atoms with Crippen LogP contribution in [0, 0.1) is 12.8 Å². The molecule has 0 fully saturated rings. The van der Waals surface area contributed by atoms with Crippen LogP contribution < -0.4 is 15.8 Å². The highest BCUT2D eigenvalue weighted by atomic mass is 16.5. The number of carbonyl (C=O) groups is 1. The SMILES string of the molecule is COc1cc(C(=O)NC(C)C(C)CN)ccc1C. The van der Waals surface area contributed by atoms with Gasteiger partial charge in [0.2, 0.25) is 0 Å². The number of carbonyl (C=O) groups excluding carboxylic acids is 1. The molecule has 1 aromatic rings. The van der Waals surface area contributed by atoms with Gasteiger partial charge in [0.1, 0.15) is 5.75 Å². The van der Waals surface area contributed by atoms with Crippen molar-refractivity contribution in [2.24, 2.45) is 11.7 Å². The summed E-state index contributed by atoms with van der Waals surface area (Å²) in [4.78, 5) is 12.0. The molecule has 100 valence electrons. The first kappa shape index (κ1) is 14.5. The van der Waals surface area contributed by atoms with Crippen LogP contribution in [0.5, 0.6) is 5.75 Å². The molecule has 0 saturated heterocycles. The Balaban J connectivity index is 2.78. The average Bonchev–Trinajstić information content (AvgIpc) is 2.37. The lowest BCUT2D eigenvalue weighted by Gasteiger charge is -2.20. The van der Waals surface area contributed by atoms with Crippen molar-refractivity contribution in [1.29, 1.82) is 0 Å². The quantitative estimate of drug-likeness (QED) is 0.836. The molecule has 0 saturated carbocycles. The number of nitrogens with one attached hydrogen (secondary N) is 1. The van der Waals surface area contributed by atoms with E-state index in [0.29, 0.717) is 12.1 Å². The van der Waals surface area contributed by atoms with Crippen molar-refractivity contribution in [2.45, 2.75) is 26.8 Å². The van der Waals surface area contributed by atoms with E-state index in [4.69, 9.17) is 10.5 Å². The molecule has 4 nitrogen and oxygen atoms in total. The van der Waals surface area contributed by atoms with Crippen LogP contribution in [0.4, 0.5) is 0 Å². The van der Waals surface area contributed by atoms with Gasteiger partial charge < -0.3 is 15.8 Å². The summed E-state index contributed by atoms with van der Waals surface area (Å²) >= 11 is 0. The number of amides is 1. The van der Waals surface area contributed by atoms with Gasteiger partial charge in [-0.3, -0.25) is 4.79 Å². The minimum absolute atomic E-state index is 0.0507. The van der Waals surface area contributed by atoms with E-state index in [-0.39, 0.29) is 17.9 Å². The summed E-state index contributed by atoms with van der Waals surface area (Å²) in [6, 6.07) is 5.48. The Kier molecular flexibility index (Phi) is 5.16. The minimum atomic E-state index is -0.0962. The van der Waals surface area contributed by atoms with Crippen molar-refractivity contribution >= 4 is 5.91 Å². The number of nitrogens with two attached hydrogens (primary N) is 1. The van der Waals surface area contributed by atoms with Gasteiger partial charge in [0, 0.05) is 11.6 Å². The van der Waals surface area contributed by atoms with E-state index >= 15 is 0 Å². The predicted octanol–water partition coefficient (Wildman–Crippen LogP) is 1.72. The van der Waals surface area contributed by atoms with Gasteiger partial charge in [-0.15, -0.1) is 0 Å². The van der Waals surface area contributed by atoms with Gasteiger partial charge in [-0.25, -0.2) is 0 Å². The zero-order valence-corrected chi connectivity index (χ0v) is 11.5. The molecule has 0 aliphatic rings. The molecule has 1 rings (SSSR count). The van der Waals surface area contributed by atoms with Gasteiger partial charge in [0.25, 0.3) is 5.91 Å². The molecule has 2 atom stereocenters.